The van der Waals surface area contributed by atoms with Crippen LogP contribution in [0.1, 0.15) is 12.8 Å². The monoisotopic (exact) mass is 480 g/mol. The molecule has 2 aromatic carbocycles. The van der Waals surface area contributed by atoms with Crippen molar-refractivity contribution in [3.63, 3.8) is 0 Å². The van der Waals surface area contributed by atoms with Gasteiger partial charge in [-0.15, -0.1) is 0 Å². The van der Waals surface area contributed by atoms with E-state index in [-0.39, 0.29) is 30.3 Å². The van der Waals surface area contributed by atoms with E-state index in [1.54, 1.807) is 12.1 Å². The fourth-order valence-corrected chi connectivity index (χ4v) is 2.23. The summed E-state index contributed by atoms with van der Waals surface area (Å²) < 4.78 is 71.0. The summed E-state index contributed by atoms with van der Waals surface area (Å²) in [6.07, 6.45) is 0.569. The third kappa shape index (κ3) is 6.83. The summed E-state index contributed by atoms with van der Waals surface area (Å²) in [6.45, 7) is 0. The first kappa shape index (κ1) is 27.2. The third-order valence-electron chi connectivity index (χ3n) is 3.85. The summed E-state index contributed by atoms with van der Waals surface area (Å²) in [5.41, 5.74) is 0.0748. The van der Waals surface area contributed by atoms with E-state index in [2.05, 4.69) is 9.57 Å². The molecule has 0 atom stereocenters. The van der Waals surface area contributed by atoms with Gasteiger partial charge in [0.2, 0.25) is 29.1 Å². The minimum Gasteiger partial charge on any atom is -0.497 e. The number of benzene rings is 2. The van der Waals surface area contributed by atoms with Crippen LogP contribution in [0.2, 0.25) is 0 Å². The zero-order chi connectivity index (χ0) is 25.3. The number of non-ortho nitro benzene ring substituents is 1. The van der Waals surface area contributed by atoms with Gasteiger partial charge in [-0.25, -0.2) is 13.2 Å². The van der Waals surface area contributed by atoms with Gasteiger partial charge >= 0.3 is 0 Å². The van der Waals surface area contributed by atoms with Gasteiger partial charge in [0, 0.05) is 25.0 Å². The molecule has 180 valence electrons. The topological polar surface area (TPSA) is 108 Å². The molecule has 0 aliphatic carbocycles. The van der Waals surface area contributed by atoms with Gasteiger partial charge in [0.05, 0.1) is 26.3 Å². The van der Waals surface area contributed by atoms with Gasteiger partial charge in [0.15, 0.2) is 5.75 Å². The van der Waals surface area contributed by atoms with Crippen molar-refractivity contribution in [1.29, 1.82) is 0 Å². The smallest absolute Gasteiger partial charge is 0.269 e. The fraction of sp³-hybridized carbons (Fsp3) is 0.263. The van der Waals surface area contributed by atoms with E-state index in [4.69, 9.17) is 4.74 Å². The fourth-order valence-electron chi connectivity index (χ4n) is 2.23. The summed E-state index contributed by atoms with van der Waals surface area (Å²) in [4.78, 5) is 35.4. The minimum absolute atomic E-state index is 0.0748. The molecular formula is C19H17F5N2O7. The van der Waals surface area contributed by atoms with Gasteiger partial charge in [0.25, 0.3) is 17.5 Å². The van der Waals surface area contributed by atoms with Crippen molar-refractivity contribution in [1.82, 2.24) is 5.06 Å². The molecule has 1 aliphatic rings. The van der Waals surface area contributed by atoms with E-state index < -0.39 is 39.8 Å². The Hall–Kier alpha value is -3.81. The van der Waals surface area contributed by atoms with Crippen LogP contribution in [0.3, 0.4) is 0 Å². The van der Waals surface area contributed by atoms with Crippen LogP contribution in [0.15, 0.2) is 24.3 Å². The highest BCUT2D eigenvalue weighted by atomic mass is 19.2. The summed E-state index contributed by atoms with van der Waals surface area (Å²) >= 11 is 0. The second-order valence-electron chi connectivity index (χ2n) is 5.82. The summed E-state index contributed by atoms with van der Waals surface area (Å²) in [5, 5.41) is 11.0. The molecule has 3 rings (SSSR count). The van der Waals surface area contributed by atoms with Crippen LogP contribution in [0.5, 0.6) is 11.5 Å². The highest BCUT2D eigenvalue weighted by molar-refractivity contribution is 6.00. The predicted octanol–water partition coefficient (Wildman–Crippen LogP) is 3.69. The van der Waals surface area contributed by atoms with Crippen molar-refractivity contribution in [2.24, 2.45) is 0 Å². The van der Waals surface area contributed by atoms with Crippen LogP contribution >= 0.6 is 0 Å². The van der Waals surface area contributed by atoms with E-state index >= 15 is 0 Å². The first-order valence-electron chi connectivity index (χ1n) is 8.73. The number of hydrogen-bond acceptors (Lipinski definition) is 7. The first-order chi connectivity index (χ1) is 15.5. The molecule has 0 unspecified atom stereocenters. The zero-order valence-electron chi connectivity index (χ0n) is 17.4. The van der Waals surface area contributed by atoms with Gasteiger partial charge in [0.1, 0.15) is 5.75 Å². The highest BCUT2D eigenvalue weighted by Crippen LogP contribution is 2.28. The Kier molecular flexibility index (Phi) is 10.1. The molecule has 2 amide bonds. The molecular weight excluding hydrogens is 463 g/mol. The Morgan fingerprint density at radius 3 is 1.52 bits per heavy atom. The van der Waals surface area contributed by atoms with Crippen LogP contribution in [0.4, 0.5) is 27.6 Å². The van der Waals surface area contributed by atoms with Crippen LogP contribution < -0.4 is 9.47 Å². The molecule has 1 heterocycles. The number of halogens is 5. The maximum absolute atomic E-state index is 12.6. The SMILES string of the molecule is CON1C(=O)CCC1=O.COc1c(F)c(F)c(F)c(F)c1F.COc1ccc([N+](=O)[O-])cc1. The Morgan fingerprint density at radius 2 is 1.21 bits per heavy atom. The van der Waals surface area contributed by atoms with Crippen molar-refractivity contribution >= 4 is 17.5 Å². The molecule has 0 bridgehead atoms. The normalized spacial score (nSPS) is 12.4. The predicted molar refractivity (Wildman–Crippen MR) is 101 cm³/mol. The molecule has 14 heteroatoms. The molecule has 1 fully saturated rings. The van der Waals surface area contributed by atoms with Gasteiger partial charge in [-0.2, -0.15) is 13.8 Å². The lowest BCUT2D eigenvalue weighted by Crippen LogP contribution is -2.27. The molecule has 0 aromatic heterocycles. The maximum Gasteiger partial charge on any atom is 0.269 e. The summed E-state index contributed by atoms with van der Waals surface area (Å²) in [6, 6.07) is 5.91. The van der Waals surface area contributed by atoms with E-state index in [9.17, 15) is 41.7 Å². The van der Waals surface area contributed by atoms with Crippen LogP contribution in [-0.2, 0) is 14.4 Å². The number of hydrogen-bond donors (Lipinski definition) is 0. The van der Waals surface area contributed by atoms with Crippen LogP contribution in [0, 0.1) is 39.2 Å². The largest absolute Gasteiger partial charge is 0.497 e. The molecule has 1 saturated heterocycles. The molecule has 0 radical (unpaired) electrons. The molecule has 9 nitrogen and oxygen atoms in total. The first-order valence-corrected chi connectivity index (χ1v) is 8.73. The standard InChI is InChI=1S/C7H3F5O.C7H7NO3.C5H7NO3/c1-13-7-5(11)3(9)2(8)4(10)6(7)12;1-11-7-4-2-6(3-5-7)8(9)10;1-9-6-4(7)2-3-5(6)8/h1H3;2-5H,1H3;2-3H2,1H3. The quantitative estimate of drug-likeness (QED) is 0.164. The van der Waals surface area contributed by atoms with E-state index in [0.29, 0.717) is 5.75 Å². The number of nitro groups is 1. The van der Waals surface area contributed by atoms with Gasteiger partial charge in [-0.3, -0.25) is 24.5 Å². The van der Waals surface area contributed by atoms with Gasteiger partial charge in [-0.05, 0) is 12.1 Å². The number of amides is 2. The van der Waals surface area contributed by atoms with Crippen molar-refractivity contribution in [3.05, 3.63) is 63.5 Å². The van der Waals surface area contributed by atoms with Gasteiger partial charge < -0.3 is 9.47 Å². The Balaban J connectivity index is 0.000000252. The highest BCUT2D eigenvalue weighted by Gasteiger charge is 2.29. The number of rotatable bonds is 4. The molecule has 0 saturated carbocycles. The average Bonchev–Trinajstić information content (AvgIpc) is 3.14. The van der Waals surface area contributed by atoms with Crippen molar-refractivity contribution in [3.8, 4) is 11.5 Å². The lowest BCUT2D eigenvalue weighted by atomic mass is 10.3. The molecule has 1 aliphatic heterocycles. The van der Waals surface area contributed by atoms with E-state index in [1.165, 1.54) is 26.4 Å². The molecule has 2 aromatic rings. The number of methoxy groups -OCH3 is 2. The summed E-state index contributed by atoms with van der Waals surface area (Å²) in [7, 11) is 3.63. The third-order valence-corrected chi connectivity index (χ3v) is 3.85. The lowest BCUT2D eigenvalue weighted by molar-refractivity contribution is -0.384. The van der Waals surface area contributed by atoms with Crippen LogP contribution in [0.25, 0.3) is 0 Å². The van der Waals surface area contributed by atoms with Crippen molar-refractivity contribution < 1.29 is 50.8 Å². The van der Waals surface area contributed by atoms with E-state index in [1.807, 2.05) is 0 Å². The lowest BCUT2D eigenvalue weighted by Gasteiger charge is -2.07. The molecule has 0 N–H and O–H groups in total. The maximum atomic E-state index is 12.6. The Morgan fingerprint density at radius 1 is 0.788 bits per heavy atom. The zero-order valence-corrected chi connectivity index (χ0v) is 17.4. The average molecular weight is 480 g/mol. The Labute approximate surface area is 183 Å². The number of nitrogens with zero attached hydrogens (tertiary/aromatic N) is 2. The number of ether oxygens (including phenoxy) is 2. The molecule has 0 spiro atoms. The number of carbonyl (C=O) groups is 2. The van der Waals surface area contributed by atoms with Crippen molar-refractivity contribution in [2.45, 2.75) is 12.8 Å². The van der Waals surface area contributed by atoms with Crippen LogP contribution in [-0.4, -0.2) is 43.1 Å². The second-order valence-corrected chi connectivity index (χ2v) is 5.82. The number of nitro benzene ring substituents is 1. The van der Waals surface area contributed by atoms with Gasteiger partial charge in [-0.1, -0.05) is 0 Å². The number of hydroxylamine groups is 2. The van der Waals surface area contributed by atoms with Crippen molar-refractivity contribution in [2.75, 3.05) is 21.3 Å². The summed E-state index contributed by atoms with van der Waals surface area (Å²) in [5.74, 6) is -11.3. The second kappa shape index (κ2) is 12.3. The van der Waals surface area contributed by atoms with E-state index in [0.717, 1.165) is 12.2 Å². The number of carbonyl (C=O) groups excluding carboxylic acids is 2. The Bertz CT molecular complexity index is 974. The number of imide groups is 1. The molecule has 33 heavy (non-hydrogen) atoms. The minimum atomic E-state index is -2.20.